The number of nitrogens with two attached hydrogens (primary N) is 1. The van der Waals surface area contributed by atoms with E-state index in [2.05, 4.69) is 42.6 Å². The molecular formula is C14H22N2S. The van der Waals surface area contributed by atoms with Crippen molar-refractivity contribution >= 4 is 17.4 Å². The van der Waals surface area contributed by atoms with Gasteiger partial charge in [-0.25, -0.2) is 0 Å². The van der Waals surface area contributed by atoms with Crippen molar-refractivity contribution in [1.29, 1.82) is 0 Å². The molecule has 0 radical (unpaired) electrons. The highest BCUT2D eigenvalue weighted by Crippen LogP contribution is 2.31. The maximum atomic E-state index is 5.70. The Morgan fingerprint density at radius 2 is 1.94 bits per heavy atom. The molecule has 0 atom stereocenters. The minimum absolute atomic E-state index is 0.440. The molecule has 1 aromatic rings. The molecule has 1 aromatic carbocycles. The summed E-state index contributed by atoms with van der Waals surface area (Å²) in [6, 6.07) is 8.26. The molecule has 1 saturated heterocycles. The predicted octanol–water partition coefficient (Wildman–Crippen LogP) is 2.99. The Labute approximate surface area is 109 Å². The van der Waals surface area contributed by atoms with Crippen LogP contribution in [0.4, 0.5) is 5.69 Å². The Morgan fingerprint density at radius 3 is 2.65 bits per heavy atom. The Kier molecular flexibility index (Phi) is 4.00. The molecule has 0 spiro atoms. The van der Waals surface area contributed by atoms with Crippen molar-refractivity contribution in [3.63, 3.8) is 0 Å². The highest BCUT2D eigenvalue weighted by atomic mass is 32.2. The van der Waals surface area contributed by atoms with Crippen LogP contribution >= 0.6 is 11.8 Å². The first-order chi connectivity index (χ1) is 8.05. The summed E-state index contributed by atoms with van der Waals surface area (Å²) >= 11 is 2.10. The van der Waals surface area contributed by atoms with E-state index in [9.17, 15) is 0 Å². The Hall–Kier alpha value is -0.670. The number of nitrogen functional groups attached to an aromatic ring is 1. The van der Waals surface area contributed by atoms with Crippen LogP contribution < -0.4 is 5.73 Å². The third-order valence-electron chi connectivity index (χ3n) is 3.32. The lowest BCUT2D eigenvalue weighted by molar-refractivity contribution is 0.276. The molecule has 0 bridgehead atoms. The minimum Gasteiger partial charge on any atom is -0.399 e. The van der Waals surface area contributed by atoms with Gasteiger partial charge in [0.25, 0.3) is 0 Å². The molecule has 1 aliphatic heterocycles. The SMILES string of the molecule is CC1(C)CCN(Cc2ccc(N)cc2)CCS1. The maximum Gasteiger partial charge on any atom is 0.0314 e. The molecule has 2 nitrogen and oxygen atoms in total. The highest BCUT2D eigenvalue weighted by Gasteiger charge is 2.23. The number of rotatable bonds is 2. The fraction of sp³-hybridized carbons (Fsp3) is 0.571. The van der Waals surface area contributed by atoms with Crippen molar-refractivity contribution in [2.24, 2.45) is 0 Å². The van der Waals surface area contributed by atoms with Crippen molar-refractivity contribution in [2.75, 3.05) is 24.6 Å². The summed E-state index contributed by atoms with van der Waals surface area (Å²) in [5.41, 5.74) is 7.92. The lowest BCUT2D eigenvalue weighted by Gasteiger charge is -2.22. The van der Waals surface area contributed by atoms with Crippen molar-refractivity contribution in [1.82, 2.24) is 4.90 Å². The summed E-state index contributed by atoms with van der Waals surface area (Å²) in [5, 5.41) is 0. The van der Waals surface area contributed by atoms with E-state index in [1.807, 2.05) is 12.1 Å². The van der Waals surface area contributed by atoms with Crippen LogP contribution in [0.1, 0.15) is 25.8 Å². The lowest BCUT2D eigenvalue weighted by Crippen LogP contribution is -2.26. The van der Waals surface area contributed by atoms with Crippen LogP contribution in [0.2, 0.25) is 0 Å². The Balaban J connectivity index is 1.93. The van der Waals surface area contributed by atoms with Gasteiger partial charge in [0.05, 0.1) is 0 Å². The van der Waals surface area contributed by atoms with Crippen molar-refractivity contribution in [2.45, 2.75) is 31.6 Å². The van der Waals surface area contributed by atoms with Gasteiger partial charge in [0.2, 0.25) is 0 Å². The van der Waals surface area contributed by atoms with Crippen LogP contribution in [0.5, 0.6) is 0 Å². The minimum atomic E-state index is 0.440. The van der Waals surface area contributed by atoms with E-state index >= 15 is 0 Å². The molecule has 2 N–H and O–H groups in total. The number of nitrogens with zero attached hydrogens (tertiary/aromatic N) is 1. The van der Waals surface area contributed by atoms with Crippen molar-refractivity contribution in [3.8, 4) is 0 Å². The molecule has 0 unspecified atom stereocenters. The van der Waals surface area contributed by atoms with Gasteiger partial charge in [0.1, 0.15) is 0 Å². The van der Waals surface area contributed by atoms with Gasteiger partial charge >= 0.3 is 0 Å². The van der Waals surface area contributed by atoms with E-state index in [1.54, 1.807) is 0 Å². The molecular weight excluding hydrogens is 228 g/mol. The fourth-order valence-electron chi connectivity index (χ4n) is 2.10. The number of anilines is 1. The second-order valence-electron chi connectivity index (χ2n) is 5.38. The van der Waals surface area contributed by atoms with Gasteiger partial charge in [-0.1, -0.05) is 26.0 Å². The molecule has 0 amide bonds. The van der Waals surface area contributed by atoms with Crippen LogP contribution in [-0.4, -0.2) is 28.5 Å². The fourth-order valence-corrected chi connectivity index (χ4v) is 3.24. The third-order valence-corrected chi connectivity index (χ3v) is 4.69. The number of hydrogen-bond donors (Lipinski definition) is 1. The van der Waals surface area contributed by atoms with E-state index in [0.29, 0.717) is 4.75 Å². The average Bonchev–Trinajstić information content (AvgIpc) is 2.44. The molecule has 1 fully saturated rings. The van der Waals surface area contributed by atoms with Gasteiger partial charge in [0, 0.05) is 29.3 Å². The zero-order valence-corrected chi connectivity index (χ0v) is 11.6. The number of benzene rings is 1. The topological polar surface area (TPSA) is 29.3 Å². The maximum absolute atomic E-state index is 5.70. The average molecular weight is 250 g/mol. The second-order valence-corrected chi connectivity index (χ2v) is 7.18. The molecule has 1 aliphatic rings. The summed E-state index contributed by atoms with van der Waals surface area (Å²) in [5.74, 6) is 1.24. The summed E-state index contributed by atoms with van der Waals surface area (Å²) in [6.45, 7) is 8.15. The summed E-state index contributed by atoms with van der Waals surface area (Å²) in [6.07, 6.45) is 1.27. The Morgan fingerprint density at radius 1 is 1.24 bits per heavy atom. The molecule has 0 aromatic heterocycles. The first kappa shape index (κ1) is 12.8. The first-order valence-electron chi connectivity index (χ1n) is 6.26. The molecule has 17 heavy (non-hydrogen) atoms. The van der Waals surface area contributed by atoms with Crippen molar-refractivity contribution in [3.05, 3.63) is 29.8 Å². The van der Waals surface area contributed by atoms with Gasteiger partial charge in [-0.2, -0.15) is 11.8 Å². The smallest absolute Gasteiger partial charge is 0.0314 e. The third kappa shape index (κ3) is 3.93. The molecule has 0 saturated carbocycles. The number of thioether (sulfide) groups is 1. The van der Waals surface area contributed by atoms with E-state index < -0.39 is 0 Å². The quantitative estimate of drug-likeness (QED) is 0.818. The standard InChI is InChI=1S/C14H22N2S/c1-14(2)7-8-16(9-10-17-14)11-12-3-5-13(15)6-4-12/h3-6H,7-11,15H2,1-2H3. The van der Waals surface area contributed by atoms with Crippen LogP contribution in [-0.2, 0) is 6.54 Å². The van der Waals surface area contributed by atoms with Crippen LogP contribution in [0, 0.1) is 0 Å². The zero-order valence-electron chi connectivity index (χ0n) is 10.8. The van der Waals surface area contributed by atoms with Crippen molar-refractivity contribution < 1.29 is 0 Å². The highest BCUT2D eigenvalue weighted by molar-refractivity contribution is 8.00. The largest absolute Gasteiger partial charge is 0.399 e. The van der Waals surface area contributed by atoms with Crippen LogP contribution in [0.3, 0.4) is 0 Å². The first-order valence-corrected chi connectivity index (χ1v) is 7.24. The monoisotopic (exact) mass is 250 g/mol. The van der Waals surface area contributed by atoms with Gasteiger partial charge in [-0.3, -0.25) is 4.90 Å². The lowest BCUT2D eigenvalue weighted by atomic mass is 10.1. The molecule has 0 aliphatic carbocycles. The second kappa shape index (κ2) is 5.32. The predicted molar refractivity (Wildman–Crippen MR) is 77.3 cm³/mol. The van der Waals surface area contributed by atoms with E-state index in [4.69, 9.17) is 5.73 Å². The van der Waals surface area contributed by atoms with Crippen LogP contribution in [0.25, 0.3) is 0 Å². The Bertz CT molecular complexity index is 359. The molecule has 94 valence electrons. The summed E-state index contributed by atoms with van der Waals surface area (Å²) in [4.78, 5) is 2.55. The normalized spacial score (nSPS) is 21.1. The van der Waals surface area contributed by atoms with Crippen LogP contribution in [0.15, 0.2) is 24.3 Å². The molecule has 3 heteroatoms. The van der Waals surface area contributed by atoms with Gasteiger partial charge in [-0.15, -0.1) is 0 Å². The molecule has 2 rings (SSSR count). The number of hydrogen-bond acceptors (Lipinski definition) is 3. The summed E-state index contributed by atoms with van der Waals surface area (Å²) < 4.78 is 0.440. The van der Waals surface area contributed by atoms with E-state index in [-0.39, 0.29) is 0 Å². The van der Waals surface area contributed by atoms with Gasteiger partial charge in [-0.05, 0) is 30.7 Å². The van der Waals surface area contributed by atoms with E-state index in [1.165, 1.54) is 30.8 Å². The van der Waals surface area contributed by atoms with Gasteiger partial charge < -0.3 is 5.73 Å². The molecule has 1 heterocycles. The van der Waals surface area contributed by atoms with E-state index in [0.717, 1.165) is 12.2 Å². The summed E-state index contributed by atoms with van der Waals surface area (Å²) in [7, 11) is 0. The zero-order chi connectivity index (χ0) is 12.3. The van der Waals surface area contributed by atoms with Gasteiger partial charge in [0.15, 0.2) is 0 Å².